The molecule has 0 aliphatic carbocycles. The Bertz CT molecular complexity index is 1390. The first-order valence-corrected chi connectivity index (χ1v) is 10.8. The highest BCUT2D eigenvalue weighted by molar-refractivity contribution is 5.81. The average Bonchev–Trinajstić information content (AvgIpc) is 3.48. The number of aromatic nitrogens is 5. The van der Waals surface area contributed by atoms with Crippen molar-refractivity contribution in [3.05, 3.63) is 67.4 Å². The number of nitrogens with one attached hydrogen (secondary N) is 2. The monoisotopic (exact) mass is 425 g/mol. The fourth-order valence-corrected chi connectivity index (χ4v) is 4.31. The van der Waals surface area contributed by atoms with Crippen molar-refractivity contribution in [3.8, 4) is 11.3 Å². The smallest absolute Gasteiger partial charge is 0.180 e. The summed E-state index contributed by atoms with van der Waals surface area (Å²) < 4.78 is 1.97. The molecule has 1 aliphatic rings. The van der Waals surface area contributed by atoms with Crippen LogP contribution in [0.25, 0.3) is 27.9 Å². The van der Waals surface area contributed by atoms with Crippen LogP contribution < -0.4 is 10.2 Å². The van der Waals surface area contributed by atoms with Crippen molar-refractivity contribution in [2.45, 2.75) is 18.9 Å². The van der Waals surface area contributed by atoms with E-state index in [2.05, 4.69) is 43.4 Å². The number of aliphatic hydroxyl groups is 1. The Hall–Kier alpha value is -3.91. The topological polar surface area (TPSA) is 94.4 Å². The quantitative estimate of drug-likeness (QED) is 0.403. The first kappa shape index (κ1) is 18.8. The Labute approximate surface area is 184 Å². The Morgan fingerprint density at radius 2 is 2.03 bits per heavy atom. The molecule has 0 unspecified atom stereocenters. The van der Waals surface area contributed by atoms with Crippen LogP contribution >= 0.6 is 0 Å². The number of pyridine rings is 1. The largest absolute Gasteiger partial charge is 0.391 e. The highest BCUT2D eigenvalue weighted by Crippen LogP contribution is 2.27. The minimum atomic E-state index is -0.248. The van der Waals surface area contributed by atoms with Gasteiger partial charge in [-0.1, -0.05) is 0 Å². The summed E-state index contributed by atoms with van der Waals surface area (Å²) in [6.07, 6.45) is 11.0. The summed E-state index contributed by atoms with van der Waals surface area (Å²) in [4.78, 5) is 19.3. The van der Waals surface area contributed by atoms with E-state index in [4.69, 9.17) is 4.98 Å². The molecule has 0 amide bonds. The molecule has 0 saturated carbocycles. The third kappa shape index (κ3) is 3.44. The number of aromatic amines is 1. The second-order valence-electron chi connectivity index (χ2n) is 8.18. The van der Waals surface area contributed by atoms with Crippen molar-refractivity contribution >= 4 is 33.9 Å². The lowest BCUT2D eigenvalue weighted by Crippen LogP contribution is -2.38. The summed E-state index contributed by atoms with van der Waals surface area (Å²) in [5.74, 6) is 0.681. The summed E-state index contributed by atoms with van der Waals surface area (Å²) in [5, 5.41) is 13.4. The Morgan fingerprint density at radius 1 is 1.12 bits per heavy atom. The zero-order chi connectivity index (χ0) is 21.5. The van der Waals surface area contributed by atoms with Gasteiger partial charge in [0.2, 0.25) is 0 Å². The van der Waals surface area contributed by atoms with Gasteiger partial charge in [0.15, 0.2) is 11.5 Å². The molecule has 32 heavy (non-hydrogen) atoms. The maximum absolute atomic E-state index is 9.96. The van der Waals surface area contributed by atoms with Gasteiger partial charge >= 0.3 is 0 Å². The predicted molar refractivity (Wildman–Crippen MR) is 125 cm³/mol. The SMILES string of the molecule is O[C@@H]1CCCN(c2ccc(Nc3nc(-c4cnc5cc[nH]c5c4)cn4ccnc34)cc2)C1. The zero-order valence-corrected chi connectivity index (χ0v) is 17.4. The number of H-pyrrole nitrogens is 1. The highest BCUT2D eigenvalue weighted by atomic mass is 16.3. The average molecular weight is 425 g/mol. The molecule has 1 aromatic carbocycles. The van der Waals surface area contributed by atoms with E-state index in [-0.39, 0.29) is 6.10 Å². The molecule has 8 heteroatoms. The minimum Gasteiger partial charge on any atom is -0.391 e. The molecule has 5 heterocycles. The lowest BCUT2D eigenvalue weighted by Gasteiger charge is -2.32. The number of piperidine rings is 1. The Morgan fingerprint density at radius 3 is 2.91 bits per heavy atom. The number of benzene rings is 1. The second-order valence-corrected chi connectivity index (χ2v) is 8.18. The molecule has 0 radical (unpaired) electrons. The van der Waals surface area contributed by atoms with E-state index in [1.807, 2.05) is 47.4 Å². The fourth-order valence-electron chi connectivity index (χ4n) is 4.31. The lowest BCUT2D eigenvalue weighted by atomic mass is 10.1. The van der Waals surface area contributed by atoms with Gasteiger partial charge in [-0.2, -0.15) is 0 Å². The number of anilines is 3. The van der Waals surface area contributed by atoms with E-state index < -0.39 is 0 Å². The zero-order valence-electron chi connectivity index (χ0n) is 17.4. The molecule has 3 N–H and O–H groups in total. The van der Waals surface area contributed by atoms with Crippen LogP contribution in [0.15, 0.2) is 67.4 Å². The summed E-state index contributed by atoms with van der Waals surface area (Å²) in [6.45, 7) is 1.66. The number of hydrogen-bond acceptors (Lipinski definition) is 6. The number of aliphatic hydroxyl groups excluding tert-OH is 1. The number of hydrogen-bond donors (Lipinski definition) is 3. The molecule has 0 spiro atoms. The van der Waals surface area contributed by atoms with Gasteiger partial charge in [-0.05, 0) is 49.2 Å². The molecule has 160 valence electrons. The third-order valence-corrected chi connectivity index (χ3v) is 5.96. The van der Waals surface area contributed by atoms with E-state index in [0.29, 0.717) is 12.4 Å². The molecule has 0 bridgehead atoms. The molecular weight excluding hydrogens is 402 g/mol. The summed E-state index contributed by atoms with van der Waals surface area (Å²) in [6, 6.07) is 12.2. The van der Waals surface area contributed by atoms with Gasteiger partial charge in [0.25, 0.3) is 0 Å². The van der Waals surface area contributed by atoms with Gasteiger partial charge in [-0.15, -0.1) is 0 Å². The molecule has 6 rings (SSSR count). The number of fused-ring (bicyclic) bond motifs is 2. The van der Waals surface area contributed by atoms with E-state index >= 15 is 0 Å². The summed E-state index contributed by atoms with van der Waals surface area (Å²) in [7, 11) is 0. The fraction of sp³-hybridized carbons (Fsp3) is 0.208. The van der Waals surface area contributed by atoms with Crippen molar-refractivity contribution in [2.24, 2.45) is 0 Å². The maximum Gasteiger partial charge on any atom is 0.180 e. The molecule has 1 aliphatic heterocycles. The molecule has 1 fully saturated rings. The molecule has 1 saturated heterocycles. The lowest BCUT2D eigenvalue weighted by molar-refractivity contribution is 0.154. The summed E-state index contributed by atoms with van der Waals surface area (Å²) in [5.41, 5.74) is 6.44. The number of rotatable bonds is 4. The standard InChI is InChI=1S/C24H23N7O/c32-19-2-1-10-30(14-19)18-5-3-17(4-6-18)28-23-24-26-9-11-31(24)15-22(29-23)16-12-21-20(27-13-16)7-8-25-21/h3-9,11-13,15,19,25,32H,1-2,10,14H2,(H,28,29)/t19-/m1/s1. The van der Waals surface area contributed by atoms with E-state index in [9.17, 15) is 5.11 Å². The molecule has 5 aromatic rings. The van der Waals surface area contributed by atoms with Gasteiger partial charge < -0.3 is 24.7 Å². The van der Waals surface area contributed by atoms with Crippen LogP contribution in [0.2, 0.25) is 0 Å². The third-order valence-electron chi connectivity index (χ3n) is 5.96. The number of nitrogens with zero attached hydrogens (tertiary/aromatic N) is 5. The van der Waals surface area contributed by atoms with Crippen molar-refractivity contribution in [1.29, 1.82) is 0 Å². The van der Waals surface area contributed by atoms with E-state index in [0.717, 1.165) is 58.7 Å². The van der Waals surface area contributed by atoms with Crippen molar-refractivity contribution < 1.29 is 5.11 Å². The van der Waals surface area contributed by atoms with E-state index in [1.54, 1.807) is 6.20 Å². The van der Waals surface area contributed by atoms with Gasteiger partial charge in [-0.3, -0.25) is 4.98 Å². The van der Waals surface area contributed by atoms with Crippen molar-refractivity contribution in [3.63, 3.8) is 0 Å². The van der Waals surface area contributed by atoms with Crippen LogP contribution in [0.1, 0.15) is 12.8 Å². The molecule has 8 nitrogen and oxygen atoms in total. The van der Waals surface area contributed by atoms with Crippen LogP contribution in [0.5, 0.6) is 0 Å². The van der Waals surface area contributed by atoms with Crippen molar-refractivity contribution in [1.82, 2.24) is 24.3 Å². The number of β-amino-alcohol motifs (C(OH)–C–C–N with tert-alkyl or cyclic N) is 1. The van der Waals surface area contributed by atoms with Gasteiger partial charge in [0.1, 0.15) is 0 Å². The summed E-state index contributed by atoms with van der Waals surface area (Å²) >= 11 is 0. The van der Waals surface area contributed by atoms with Crippen LogP contribution in [-0.4, -0.2) is 48.6 Å². The van der Waals surface area contributed by atoms with Crippen LogP contribution in [0, 0.1) is 0 Å². The highest BCUT2D eigenvalue weighted by Gasteiger charge is 2.18. The minimum absolute atomic E-state index is 0.248. The second kappa shape index (κ2) is 7.65. The Kier molecular flexibility index (Phi) is 4.50. The molecular formula is C24H23N7O. The molecule has 4 aromatic heterocycles. The first-order chi connectivity index (χ1) is 15.7. The van der Waals surface area contributed by atoms with Crippen molar-refractivity contribution in [2.75, 3.05) is 23.3 Å². The normalized spacial score (nSPS) is 16.7. The molecule has 1 atom stereocenters. The Balaban J connectivity index is 1.32. The van der Waals surface area contributed by atoms with Gasteiger partial charge in [0, 0.05) is 61.0 Å². The van der Waals surface area contributed by atoms with E-state index in [1.165, 1.54) is 0 Å². The van der Waals surface area contributed by atoms with Crippen LogP contribution in [0.4, 0.5) is 17.2 Å². The maximum atomic E-state index is 9.96. The van der Waals surface area contributed by atoms with Crippen LogP contribution in [0.3, 0.4) is 0 Å². The number of imidazole rings is 1. The predicted octanol–water partition coefficient (Wildman–Crippen LogP) is 3.98. The first-order valence-electron chi connectivity index (χ1n) is 10.8. The van der Waals surface area contributed by atoms with Gasteiger partial charge in [-0.25, -0.2) is 9.97 Å². The van der Waals surface area contributed by atoms with Gasteiger partial charge in [0.05, 0.1) is 22.8 Å². The van der Waals surface area contributed by atoms with Crippen LogP contribution in [-0.2, 0) is 0 Å².